The monoisotopic (exact) mass is 210 g/mol. The van der Waals surface area contributed by atoms with Gasteiger partial charge in [0.2, 0.25) is 0 Å². The number of methoxy groups -OCH3 is 1. The molecule has 0 aliphatic heterocycles. The predicted molar refractivity (Wildman–Crippen MR) is 52.1 cm³/mol. The number of nitriles is 1. The van der Waals surface area contributed by atoms with Crippen molar-refractivity contribution in [2.45, 2.75) is 12.8 Å². The van der Waals surface area contributed by atoms with E-state index in [1.165, 1.54) is 0 Å². The van der Waals surface area contributed by atoms with E-state index in [9.17, 15) is 0 Å². The Hall–Kier alpha value is -1.45. The first-order chi connectivity index (χ1) is 7.36. The molecule has 1 heterocycles. The van der Waals surface area contributed by atoms with Crippen molar-refractivity contribution in [2.75, 3.05) is 26.9 Å². The standard InChI is InChI=1S/C9H14N4O2/c1-14-6-7-15-5-3-9-11-8(2-4-10)12-13-9/h2-3,5-7H2,1H3,(H,11,12,13). The highest BCUT2D eigenvalue weighted by Crippen LogP contribution is 1.94. The van der Waals surface area contributed by atoms with Gasteiger partial charge in [0.05, 0.1) is 32.3 Å². The van der Waals surface area contributed by atoms with E-state index < -0.39 is 0 Å². The molecule has 0 saturated carbocycles. The quantitative estimate of drug-likeness (QED) is 0.644. The van der Waals surface area contributed by atoms with E-state index in [1.54, 1.807) is 7.11 Å². The fraction of sp³-hybridized carbons (Fsp3) is 0.667. The fourth-order valence-corrected chi connectivity index (χ4v) is 1.01. The van der Waals surface area contributed by atoms with Crippen molar-refractivity contribution in [3.8, 4) is 6.07 Å². The number of rotatable bonds is 7. The van der Waals surface area contributed by atoms with Gasteiger partial charge in [0.1, 0.15) is 5.82 Å². The molecule has 0 unspecified atom stereocenters. The molecule has 82 valence electrons. The van der Waals surface area contributed by atoms with Gasteiger partial charge in [0.15, 0.2) is 5.82 Å². The smallest absolute Gasteiger partial charge is 0.164 e. The molecule has 1 N–H and O–H groups in total. The summed E-state index contributed by atoms with van der Waals surface area (Å²) in [5.41, 5.74) is 0. The van der Waals surface area contributed by atoms with Crippen molar-refractivity contribution in [1.29, 1.82) is 5.26 Å². The summed E-state index contributed by atoms with van der Waals surface area (Å²) in [4.78, 5) is 4.12. The molecule has 0 fully saturated rings. The molecule has 0 aromatic carbocycles. The topological polar surface area (TPSA) is 83.8 Å². The van der Waals surface area contributed by atoms with Crippen LogP contribution >= 0.6 is 0 Å². The molecule has 1 aromatic heterocycles. The highest BCUT2D eigenvalue weighted by atomic mass is 16.5. The summed E-state index contributed by atoms with van der Waals surface area (Å²) < 4.78 is 10.1. The molecule has 0 atom stereocenters. The van der Waals surface area contributed by atoms with E-state index in [0.717, 1.165) is 5.82 Å². The Morgan fingerprint density at radius 3 is 3.00 bits per heavy atom. The number of hydrogen-bond donors (Lipinski definition) is 1. The van der Waals surface area contributed by atoms with Gasteiger partial charge in [-0.3, -0.25) is 5.10 Å². The lowest BCUT2D eigenvalue weighted by molar-refractivity contribution is 0.0716. The summed E-state index contributed by atoms with van der Waals surface area (Å²) in [5.74, 6) is 1.28. The lowest BCUT2D eigenvalue weighted by Gasteiger charge is -2.00. The van der Waals surface area contributed by atoms with Crippen LogP contribution in [0.15, 0.2) is 0 Å². The molecule has 1 aromatic rings. The van der Waals surface area contributed by atoms with Crippen molar-refractivity contribution in [3.63, 3.8) is 0 Å². The zero-order chi connectivity index (χ0) is 10.9. The van der Waals surface area contributed by atoms with Crippen LogP contribution in [0.3, 0.4) is 0 Å². The van der Waals surface area contributed by atoms with Gasteiger partial charge >= 0.3 is 0 Å². The van der Waals surface area contributed by atoms with E-state index in [1.807, 2.05) is 6.07 Å². The number of aromatic nitrogens is 3. The van der Waals surface area contributed by atoms with E-state index in [0.29, 0.717) is 32.1 Å². The minimum Gasteiger partial charge on any atom is -0.382 e. The van der Waals surface area contributed by atoms with E-state index in [-0.39, 0.29) is 6.42 Å². The molecular formula is C9H14N4O2. The van der Waals surface area contributed by atoms with Crippen LogP contribution in [-0.4, -0.2) is 42.1 Å². The maximum absolute atomic E-state index is 8.42. The van der Waals surface area contributed by atoms with Crippen molar-refractivity contribution in [1.82, 2.24) is 15.2 Å². The van der Waals surface area contributed by atoms with Gasteiger partial charge in [-0.1, -0.05) is 0 Å². The zero-order valence-corrected chi connectivity index (χ0v) is 8.69. The maximum Gasteiger partial charge on any atom is 0.164 e. The molecule has 1 rings (SSSR count). The minimum atomic E-state index is 0.237. The van der Waals surface area contributed by atoms with Gasteiger partial charge in [0, 0.05) is 13.5 Å². The molecule has 0 aliphatic rings. The van der Waals surface area contributed by atoms with Gasteiger partial charge in [-0.05, 0) is 0 Å². The van der Waals surface area contributed by atoms with Crippen LogP contribution in [0.2, 0.25) is 0 Å². The third-order valence-electron chi connectivity index (χ3n) is 1.73. The van der Waals surface area contributed by atoms with Gasteiger partial charge < -0.3 is 9.47 Å². The molecule has 0 bridgehead atoms. The minimum absolute atomic E-state index is 0.237. The first kappa shape index (κ1) is 11.6. The fourth-order valence-electron chi connectivity index (χ4n) is 1.01. The van der Waals surface area contributed by atoms with Gasteiger partial charge in [-0.15, -0.1) is 0 Å². The average molecular weight is 210 g/mol. The largest absolute Gasteiger partial charge is 0.382 e. The van der Waals surface area contributed by atoms with Crippen molar-refractivity contribution in [3.05, 3.63) is 11.6 Å². The lowest BCUT2D eigenvalue weighted by atomic mass is 10.4. The van der Waals surface area contributed by atoms with Crippen LogP contribution in [0, 0.1) is 11.3 Å². The van der Waals surface area contributed by atoms with Crippen molar-refractivity contribution in [2.24, 2.45) is 0 Å². The Morgan fingerprint density at radius 2 is 2.27 bits per heavy atom. The average Bonchev–Trinajstić information content (AvgIpc) is 2.66. The van der Waals surface area contributed by atoms with Crippen molar-refractivity contribution < 1.29 is 9.47 Å². The highest BCUT2D eigenvalue weighted by Gasteiger charge is 2.01. The number of ether oxygens (including phenoxy) is 2. The molecule has 6 nitrogen and oxygen atoms in total. The Morgan fingerprint density at radius 1 is 1.40 bits per heavy atom. The van der Waals surface area contributed by atoms with Gasteiger partial charge in [0.25, 0.3) is 0 Å². The molecular weight excluding hydrogens is 196 g/mol. The molecule has 0 saturated heterocycles. The predicted octanol–water partition coefficient (Wildman–Crippen LogP) is 0.0763. The SMILES string of the molecule is COCCOCCc1nc(CC#N)n[nH]1. The molecule has 0 radical (unpaired) electrons. The summed E-state index contributed by atoms with van der Waals surface area (Å²) in [7, 11) is 1.63. The Balaban J connectivity index is 2.17. The lowest BCUT2D eigenvalue weighted by Crippen LogP contribution is -2.05. The second-order valence-electron chi connectivity index (χ2n) is 2.89. The molecule has 0 amide bonds. The van der Waals surface area contributed by atoms with Crippen LogP contribution in [0.25, 0.3) is 0 Å². The van der Waals surface area contributed by atoms with E-state index in [2.05, 4.69) is 15.2 Å². The zero-order valence-electron chi connectivity index (χ0n) is 8.69. The Labute approximate surface area is 88.2 Å². The van der Waals surface area contributed by atoms with Gasteiger partial charge in [-0.2, -0.15) is 10.4 Å². The third-order valence-corrected chi connectivity index (χ3v) is 1.73. The van der Waals surface area contributed by atoms with Gasteiger partial charge in [-0.25, -0.2) is 4.98 Å². The number of nitrogens with zero attached hydrogens (tertiary/aromatic N) is 3. The highest BCUT2D eigenvalue weighted by molar-refractivity contribution is 4.96. The van der Waals surface area contributed by atoms with Crippen LogP contribution < -0.4 is 0 Å². The van der Waals surface area contributed by atoms with E-state index >= 15 is 0 Å². The van der Waals surface area contributed by atoms with Crippen molar-refractivity contribution >= 4 is 0 Å². The molecule has 6 heteroatoms. The second-order valence-corrected chi connectivity index (χ2v) is 2.89. The third kappa shape index (κ3) is 4.54. The number of aromatic amines is 1. The van der Waals surface area contributed by atoms with Crippen LogP contribution in [0.5, 0.6) is 0 Å². The van der Waals surface area contributed by atoms with E-state index in [4.69, 9.17) is 14.7 Å². The number of H-pyrrole nitrogens is 1. The first-order valence-electron chi connectivity index (χ1n) is 4.70. The summed E-state index contributed by atoms with van der Waals surface area (Å²) in [6.07, 6.45) is 0.906. The molecule has 0 spiro atoms. The number of hydrogen-bond acceptors (Lipinski definition) is 5. The first-order valence-corrected chi connectivity index (χ1v) is 4.70. The maximum atomic E-state index is 8.42. The normalized spacial score (nSPS) is 10.1. The summed E-state index contributed by atoms with van der Waals surface area (Å²) >= 11 is 0. The summed E-state index contributed by atoms with van der Waals surface area (Å²) in [5, 5.41) is 15.1. The molecule has 15 heavy (non-hydrogen) atoms. The van der Waals surface area contributed by atoms with Crippen LogP contribution in [-0.2, 0) is 22.3 Å². The van der Waals surface area contributed by atoms with Crippen LogP contribution in [0.4, 0.5) is 0 Å². The van der Waals surface area contributed by atoms with Crippen LogP contribution in [0.1, 0.15) is 11.6 Å². The Kier molecular flexibility index (Phi) is 5.37. The Bertz CT molecular complexity index is 318. The number of nitrogens with one attached hydrogen (secondary N) is 1. The summed E-state index contributed by atoms with van der Waals surface area (Å²) in [6, 6.07) is 1.99. The molecule has 0 aliphatic carbocycles. The summed E-state index contributed by atoms with van der Waals surface area (Å²) in [6.45, 7) is 1.75. The second kappa shape index (κ2) is 6.92.